The largest absolute Gasteiger partial charge is 0.508 e. The van der Waals surface area contributed by atoms with Crippen molar-refractivity contribution in [1.82, 2.24) is 9.88 Å². The summed E-state index contributed by atoms with van der Waals surface area (Å²) in [5.74, 6) is 1.01. The van der Waals surface area contributed by atoms with Gasteiger partial charge in [0, 0.05) is 31.4 Å². The molecule has 110 valence electrons. The van der Waals surface area contributed by atoms with Gasteiger partial charge in [-0.1, -0.05) is 6.07 Å². The van der Waals surface area contributed by atoms with Crippen LogP contribution in [-0.2, 0) is 0 Å². The lowest BCUT2D eigenvalue weighted by molar-refractivity contribution is 0.0766. The maximum Gasteiger partial charge on any atom is 0.272 e. The van der Waals surface area contributed by atoms with E-state index in [2.05, 4.69) is 4.98 Å². The lowest BCUT2D eigenvalue weighted by Crippen LogP contribution is -2.31. The number of phenolic OH excluding ortho intramolecular Hbond substituents is 1. The molecule has 1 N–H and O–H groups in total. The van der Waals surface area contributed by atoms with Crippen molar-refractivity contribution in [1.29, 1.82) is 0 Å². The molecule has 0 unspecified atom stereocenters. The minimum Gasteiger partial charge on any atom is -0.508 e. The van der Waals surface area contributed by atoms with Gasteiger partial charge in [0.25, 0.3) is 5.91 Å². The Morgan fingerprint density at radius 2 is 1.90 bits per heavy atom. The van der Waals surface area contributed by atoms with Crippen molar-refractivity contribution >= 4 is 5.91 Å². The first-order valence-corrected chi connectivity index (χ1v) is 6.86. The van der Waals surface area contributed by atoms with Crippen LogP contribution in [0.4, 0.5) is 0 Å². The van der Waals surface area contributed by atoms with E-state index >= 15 is 0 Å². The summed E-state index contributed by atoms with van der Waals surface area (Å²) in [4.78, 5) is 18.0. The van der Waals surface area contributed by atoms with Crippen molar-refractivity contribution in [3.8, 4) is 17.2 Å². The summed E-state index contributed by atoms with van der Waals surface area (Å²) in [6.07, 6.45) is 1.54. The number of nitrogens with zero attached hydrogens (tertiary/aromatic N) is 2. The average Bonchev–Trinajstić information content (AvgIpc) is 2.48. The summed E-state index contributed by atoms with van der Waals surface area (Å²) in [5.41, 5.74) is 0.344. The van der Waals surface area contributed by atoms with Crippen molar-refractivity contribution in [2.24, 2.45) is 0 Å². The fraction of sp³-hybridized carbons (Fsp3) is 0.250. The minimum atomic E-state index is -0.124. The number of hydrogen-bond donors (Lipinski definition) is 1. The molecule has 0 fully saturated rings. The van der Waals surface area contributed by atoms with Crippen molar-refractivity contribution in [3.63, 3.8) is 0 Å². The standard InChI is InChI=1S/C16H18N2O3/c1-3-18(4-2)16(20)15-11-14(8-9-17-15)21-13-7-5-6-12(19)10-13/h5-11,19H,3-4H2,1-2H3. The van der Waals surface area contributed by atoms with Crippen LogP contribution < -0.4 is 4.74 Å². The highest BCUT2D eigenvalue weighted by Crippen LogP contribution is 2.24. The summed E-state index contributed by atoms with van der Waals surface area (Å²) >= 11 is 0. The number of aromatic nitrogens is 1. The Kier molecular flexibility index (Phi) is 4.77. The van der Waals surface area contributed by atoms with Gasteiger partial charge in [0.05, 0.1) is 0 Å². The van der Waals surface area contributed by atoms with E-state index in [1.54, 1.807) is 35.2 Å². The zero-order chi connectivity index (χ0) is 15.2. The van der Waals surface area contributed by atoms with Crippen LogP contribution in [0.25, 0.3) is 0 Å². The zero-order valence-electron chi connectivity index (χ0n) is 12.1. The molecule has 0 spiro atoms. The molecule has 1 amide bonds. The molecule has 0 aliphatic heterocycles. The number of phenols is 1. The molecule has 0 aliphatic carbocycles. The van der Waals surface area contributed by atoms with Crippen molar-refractivity contribution in [2.45, 2.75) is 13.8 Å². The van der Waals surface area contributed by atoms with E-state index in [1.165, 1.54) is 12.3 Å². The molecule has 1 heterocycles. The lowest BCUT2D eigenvalue weighted by Gasteiger charge is -2.18. The molecular weight excluding hydrogens is 268 g/mol. The smallest absolute Gasteiger partial charge is 0.272 e. The quantitative estimate of drug-likeness (QED) is 0.917. The molecule has 0 saturated carbocycles. The summed E-state index contributed by atoms with van der Waals surface area (Å²) < 4.78 is 5.63. The monoisotopic (exact) mass is 286 g/mol. The van der Waals surface area contributed by atoms with Crippen LogP contribution >= 0.6 is 0 Å². The van der Waals surface area contributed by atoms with Gasteiger partial charge in [-0.05, 0) is 32.0 Å². The predicted octanol–water partition coefficient (Wildman–Crippen LogP) is 3.06. The lowest BCUT2D eigenvalue weighted by atomic mass is 10.3. The van der Waals surface area contributed by atoms with Crippen molar-refractivity contribution < 1.29 is 14.6 Å². The minimum absolute atomic E-state index is 0.124. The SMILES string of the molecule is CCN(CC)C(=O)c1cc(Oc2cccc(O)c2)ccn1. The van der Waals surface area contributed by atoms with Crippen LogP contribution in [0, 0.1) is 0 Å². The maximum atomic E-state index is 12.2. The second-order valence-corrected chi connectivity index (χ2v) is 4.45. The summed E-state index contributed by atoms with van der Waals surface area (Å²) in [6, 6.07) is 9.76. The first-order chi connectivity index (χ1) is 10.1. The van der Waals surface area contributed by atoms with E-state index in [0.717, 1.165) is 0 Å². The van der Waals surface area contributed by atoms with Crippen molar-refractivity contribution in [3.05, 3.63) is 48.3 Å². The predicted molar refractivity (Wildman–Crippen MR) is 79.7 cm³/mol. The Morgan fingerprint density at radius 1 is 1.19 bits per heavy atom. The number of rotatable bonds is 5. The molecule has 0 radical (unpaired) electrons. The van der Waals surface area contributed by atoms with Crippen molar-refractivity contribution in [2.75, 3.05) is 13.1 Å². The third kappa shape index (κ3) is 3.72. The van der Waals surface area contributed by atoms with E-state index in [9.17, 15) is 9.90 Å². The van der Waals surface area contributed by atoms with Gasteiger partial charge in [0.15, 0.2) is 0 Å². The second kappa shape index (κ2) is 6.74. The molecule has 0 saturated heterocycles. The third-order valence-corrected chi connectivity index (χ3v) is 3.05. The molecule has 2 rings (SSSR count). The van der Waals surface area contributed by atoms with Crippen LogP contribution in [0.15, 0.2) is 42.6 Å². The third-order valence-electron chi connectivity index (χ3n) is 3.05. The van der Waals surface area contributed by atoms with E-state index in [4.69, 9.17) is 4.74 Å². The molecule has 21 heavy (non-hydrogen) atoms. The van der Waals surface area contributed by atoms with Gasteiger partial charge in [0.2, 0.25) is 0 Å². The van der Waals surface area contributed by atoms with E-state index in [0.29, 0.717) is 30.3 Å². The van der Waals surface area contributed by atoms with Gasteiger partial charge in [-0.25, -0.2) is 0 Å². The zero-order valence-corrected chi connectivity index (χ0v) is 12.1. The summed E-state index contributed by atoms with van der Waals surface area (Å²) in [6.45, 7) is 5.12. The molecule has 5 heteroatoms. The number of benzene rings is 1. The highest BCUT2D eigenvalue weighted by molar-refractivity contribution is 5.92. The average molecular weight is 286 g/mol. The van der Waals surface area contributed by atoms with Crippen LogP contribution in [0.3, 0.4) is 0 Å². The Hall–Kier alpha value is -2.56. The van der Waals surface area contributed by atoms with E-state index in [1.807, 2.05) is 13.8 Å². The van der Waals surface area contributed by atoms with Gasteiger partial charge in [-0.2, -0.15) is 0 Å². The number of hydrogen-bond acceptors (Lipinski definition) is 4. The number of carbonyl (C=O) groups excluding carboxylic acids is 1. The number of aromatic hydroxyl groups is 1. The van der Waals surface area contributed by atoms with Gasteiger partial charge >= 0.3 is 0 Å². The summed E-state index contributed by atoms with van der Waals surface area (Å²) in [7, 11) is 0. The Balaban J connectivity index is 2.20. The van der Waals surface area contributed by atoms with Crippen LogP contribution in [0.1, 0.15) is 24.3 Å². The second-order valence-electron chi connectivity index (χ2n) is 4.45. The fourth-order valence-electron chi connectivity index (χ4n) is 1.95. The highest BCUT2D eigenvalue weighted by atomic mass is 16.5. The topological polar surface area (TPSA) is 62.7 Å². The summed E-state index contributed by atoms with van der Waals surface area (Å²) in [5, 5.41) is 9.42. The maximum absolute atomic E-state index is 12.2. The van der Waals surface area contributed by atoms with Crippen LogP contribution in [-0.4, -0.2) is 34.0 Å². The molecule has 2 aromatic rings. The van der Waals surface area contributed by atoms with E-state index < -0.39 is 0 Å². The van der Waals surface area contributed by atoms with Gasteiger partial charge < -0.3 is 14.7 Å². The molecule has 1 aromatic heterocycles. The number of ether oxygens (including phenoxy) is 1. The number of carbonyl (C=O) groups is 1. The van der Waals surface area contributed by atoms with Gasteiger partial charge in [0.1, 0.15) is 22.9 Å². The fourth-order valence-corrected chi connectivity index (χ4v) is 1.95. The Labute approximate surface area is 123 Å². The van der Waals surface area contributed by atoms with E-state index in [-0.39, 0.29) is 11.7 Å². The molecule has 1 aromatic carbocycles. The molecule has 5 nitrogen and oxygen atoms in total. The molecule has 0 bridgehead atoms. The van der Waals surface area contributed by atoms with Gasteiger partial charge in [-0.3, -0.25) is 9.78 Å². The number of amides is 1. The van der Waals surface area contributed by atoms with Crippen LogP contribution in [0.2, 0.25) is 0 Å². The first-order valence-electron chi connectivity index (χ1n) is 6.86. The van der Waals surface area contributed by atoms with Gasteiger partial charge in [-0.15, -0.1) is 0 Å². The normalized spacial score (nSPS) is 10.2. The molecular formula is C16H18N2O3. The Bertz CT molecular complexity index is 624. The number of pyridine rings is 1. The highest BCUT2D eigenvalue weighted by Gasteiger charge is 2.14. The van der Waals surface area contributed by atoms with Crippen LogP contribution in [0.5, 0.6) is 17.2 Å². The molecule has 0 aliphatic rings. The molecule has 0 atom stereocenters. The first kappa shape index (κ1) is 14.8. The Morgan fingerprint density at radius 3 is 2.57 bits per heavy atom.